The van der Waals surface area contributed by atoms with Gasteiger partial charge in [0, 0.05) is 29.5 Å². The van der Waals surface area contributed by atoms with Gasteiger partial charge in [-0.3, -0.25) is 4.79 Å². The summed E-state index contributed by atoms with van der Waals surface area (Å²) in [7, 11) is 0. The summed E-state index contributed by atoms with van der Waals surface area (Å²) in [5.74, 6) is -0.0537. The van der Waals surface area contributed by atoms with E-state index in [4.69, 9.17) is 17.3 Å². The maximum absolute atomic E-state index is 12.4. The van der Waals surface area contributed by atoms with Crippen LogP contribution < -0.4 is 5.73 Å². The first-order valence-electron chi connectivity index (χ1n) is 6.74. The maximum Gasteiger partial charge on any atom is 0.272 e. The summed E-state index contributed by atoms with van der Waals surface area (Å²) in [6, 6.07) is 9.22. The van der Waals surface area contributed by atoms with Gasteiger partial charge in [0.15, 0.2) is 0 Å². The summed E-state index contributed by atoms with van der Waals surface area (Å²) in [6.07, 6.45) is 1.93. The number of hydrogen-bond acceptors (Lipinski definition) is 3. The number of hydrogen-bond donors (Lipinski definition) is 1. The molecule has 1 aliphatic heterocycles. The van der Waals surface area contributed by atoms with Crippen LogP contribution in [0.4, 0.5) is 0 Å². The molecular formula is C15H18Cl3N3O. The van der Waals surface area contributed by atoms with Crippen LogP contribution in [0.2, 0.25) is 5.02 Å². The van der Waals surface area contributed by atoms with E-state index in [0.29, 0.717) is 17.3 Å². The highest BCUT2D eigenvalue weighted by Crippen LogP contribution is 2.19. The number of nitrogens with zero attached hydrogens (tertiary/aromatic N) is 2. The number of halogens is 3. The van der Waals surface area contributed by atoms with Gasteiger partial charge in [-0.25, -0.2) is 4.98 Å². The van der Waals surface area contributed by atoms with Crippen LogP contribution in [0.3, 0.4) is 0 Å². The van der Waals surface area contributed by atoms with Crippen molar-refractivity contribution in [3.63, 3.8) is 0 Å². The Morgan fingerprint density at radius 2 is 2.00 bits per heavy atom. The molecule has 120 valence electrons. The average Bonchev–Trinajstić information content (AvgIpc) is 2.45. The molecular weight excluding hydrogens is 345 g/mol. The third-order valence-electron chi connectivity index (χ3n) is 3.62. The Labute approximate surface area is 146 Å². The molecule has 2 aromatic rings. The fourth-order valence-corrected chi connectivity index (χ4v) is 2.73. The second-order valence-electron chi connectivity index (χ2n) is 5.19. The van der Waals surface area contributed by atoms with Crippen LogP contribution in [-0.2, 0) is 0 Å². The molecule has 1 aromatic carbocycles. The summed E-state index contributed by atoms with van der Waals surface area (Å²) >= 11 is 5.97. The number of fused-ring (bicyclic) bond motifs is 1. The van der Waals surface area contributed by atoms with Crippen molar-refractivity contribution in [1.29, 1.82) is 0 Å². The van der Waals surface area contributed by atoms with E-state index in [1.807, 2.05) is 18.2 Å². The lowest BCUT2D eigenvalue weighted by atomic mass is 10.1. The zero-order valence-electron chi connectivity index (χ0n) is 11.9. The first-order valence-corrected chi connectivity index (χ1v) is 7.12. The smallest absolute Gasteiger partial charge is 0.272 e. The molecule has 1 amide bonds. The number of piperidine rings is 1. The van der Waals surface area contributed by atoms with E-state index in [1.165, 1.54) is 0 Å². The van der Waals surface area contributed by atoms with Crippen molar-refractivity contribution in [3.8, 4) is 0 Å². The molecule has 7 heteroatoms. The number of pyridine rings is 1. The molecule has 0 spiro atoms. The summed E-state index contributed by atoms with van der Waals surface area (Å²) in [4.78, 5) is 18.7. The molecule has 0 bridgehead atoms. The monoisotopic (exact) mass is 361 g/mol. The van der Waals surface area contributed by atoms with E-state index in [-0.39, 0.29) is 36.8 Å². The third-order valence-corrected chi connectivity index (χ3v) is 3.85. The third kappa shape index (κ3) is 4.02. The highest BCUT2D eigenvalue weighted by molar-refractivity contribution is 6.31. The zero-order chi connectivity index (χ0) is 14.1. The van der Waals surface area contributed by atoms with Crippen molar-refractivity contribution in [1.82, 2.24) is 9.88 Å². The second-order valence-corrected chi connectivity index (χ2v) is 5.62. The highest BCUT2D eigenvalue weighted by atomic mass is 35.5. The summed E-state index contributed by atoms with van der Waals surface area (Å²) in [5, 5.41) is 1.59. The summed E-state index contributed by atoms with van der Waals surface area (Å²) in [6.45, 7) is 1.36. The molecule has 22 heavy (non-hydrogen) atoms. The number of amides is 1. The quantitative estimate of drug-likeness (QED) is 0.847. The number of nitrogens with two attached hydrogens (primary N) is 1. The van der Waals surface area contributed by atoms with Crippen molar-refractivity contribution in [2.45, 2.75) is 18.9 Å². The van der Waals surface area contributed by atoms with Crippen LogP contribution in [-0.4, -0.2) is 34.9 Å². The number of carbonyl (C=O) groups is 1. The van der Waals surface area contributed by atoms with Gasteiger partial charge in [0.05, 0.1) is 5.52 Å². The van der Waals surface area contributed by atoms with Gasteiger partial charge in [0.2, 0.25) is 0 Å². The van der Waals surface area contributed by atoms with Crippen molar-refractivity contribution in [2.75, 3.05) is 13.1 Å². The molecule has 3 rings (SSSR count). The standard InChI is InChI=1S/C15H16ClN3O.2ClH/c16-11-5-3-10-4-6-13(18-14(10)8-11)15(20)19-7-1-2-12(17)9-19;;/h3-6,8,12H,1-2,7,9,17H2;2*1H. The van der Waals surface area contributed by atoms with Crippen LogP contribution >= 0.6 is 36.4 Å². The van der Waals surface area contributed by atoms with Gasteiger partial charge in [-0.15, -0.1) is 24.8 Å². The topological polar surface area (TPSA) is 59.2 Å². The van der Waals surface area contributed by atoms with Gasteiger partial charge >= 0.3 is 0 Å². The van der Waals surface area contributed by atoms with E-state index in [0.717, 1.165) is 30.3 Å². The van der Waals surface area contributed by atoms with E-state index in [1.54, 1.807) is 17.0 Å². The molecule has 1 saturated heterocycles. The minimum Gasteiger partial charge on any atom is -0.336 e. The second kappa shape index (κ2) is 7.97. The Morgan fingerprint density at radius 3 is 2.73 bits per heavy atom. The van der Waals surface area contributed by atoms with Gasteiger partial charge in [-0.05, 0) is 31.0 Å². The van der Waals surface area contributed by atoms with E-state index >= 15 is 0 Å². The molecule has 0 radical (unpaired) electrons. The van der Waals surface area contributed by atoms with Gasteiger partial charge in [0.1, 0.15) is 5.69 Å². The van der Waals surface area contributed by atoms with Gasteiger partial charge in [-0.1, -0.05) is 23.7 Å². The Hall–Kier alpha value is -1.07. The van der Waals surface area contributed by atoms with E-state index in [9.17, 15) is 4.79 Å². The molecule has 4 nitrogen and oxygen atoms in total. The first kappa shape index (κ1) is 19.0. The Bertz CT molecular complexity index is 666. The lowest BCUT2D eigenvalue weighted by Crippen LogP contribution is -2.45. The van der Waals surface area contributed by atoms with Crippen LogP contribution in [0.5, 0.6) is 0 Å². The lowest BCUT2D eigenvalue weighted by Gasteiger charge is -2.30. The lowest BCUT2D eigenvalue weighted by molar-refractivity contribution is 0.0703. The zero-order valence-corrected chi connectivity index (χ0v) is 14.3. The van der Waals surface area contributed by atoms with E-state index < -0.39 is 0 Å². The molecule has 0 saturated carbocycles. The molecule has 1 aromatic heterocycles. The molecule has 0 aliphatic carbocycles. The minimum atomic E-state index is -0.0537. The fourth-order valence-electron chi connectivity index (χ4n) is 2.57. The van der Waals surface area contributed by atoms with Crippen LogP contribution in [0, 0.1) is 0 Å². The Balaban J connectivity index is 0.00000121. The predicted octanol–water partition coefficient (Wildman–Crippen LogP) is 3.30. The number of benzene rings is 1. The molecule has 1 atom stereocenters. The van der Waals surface area contributed by atoms with Gasteiger partial charge in [0.25, 0.3) is 5.91 Å². The van der Waals surface area contributed by atoms with Crippen molar-refractivity contribution < 1.29 is 4.79 Å². The molecule has 2 heterocycles. The number of carbonyl (C=O) groups excluding carboxylic acids is 1. The van der Waals surface area contributed by atoms with Crippen molar-refractivity contribution in [2.24, 2.45) is 5.73 Å². The summed E-state index contributed by atoms with van der Waals surface area (Å²) in [5.41, 5.74) is 7.11. The average molecular weight is 363 g/mol. The van der Waals surface area contributed by atoms with Crippen LogP contribution in [0.25, 0.3) is 10.9 Å². The molecule has 1 unspecified atom stereocenters. The first-order chi connectivity index (χ1) is 9.63. The van der Waals surface area contributed by atoms with Crippen LogP contribution in [0.1, 0.15) is 23.3 Å². The predicted molar refractivity (Wildman–Crippen MR) is 94.4 cm³/mol. The fraction of sp³-hybridized carbons (Fsp3) is 0.333. The minimum absolute atomic E-state index is 0. The number of rotatable bonds is 1. The number of aromatic nitrogens is 1. The van der Waals surface area contributed by atoms with Crippen molar-refractivity contribution >= 4 is 53.2 Å². The maximum atomic E-state index is 12.4. The number of likely N-dealkylation sites (tertiary alicyclic amines) is 1. The van der Waals surface area contributed by atoms with E-state index in [2.05, 4.69) is 4.98 Å². The Morgan fingerprint density at radius 1 is 1.27 bits per heavy atom. The highest BCUT2D eigenvalue weighted by Gasteiger charge is 2.23. The molecule has 2 N–H and O–H groups in total. The molecule has 1 aliphatic rings. The van der Waals surface area contributed by atoms with Crippen molar-refractivity contribution in [3.05, 3.63) is 41.0 Å². The normalized spacial score (nSPS) is 17.5. The Kier molecular flexibility index (Phi) is 6.88. The SMILES string of the molecule is Cl.Cl.NC1CCCN(C(=O)c2ccc3ccc(Cl)cc3n2)C1. The van der Waals surface area contributed by atoms with Gasteiger partial charge in [-0.2, -0.15) is 0 Å². The molecule has 1 fully saturated rings. The largest absolute Gasteiger partial charge is 0.336 e. The van der Waals surface area contributed by atoms with Gasteiger partial charge < -0.3 is 10.6 Å². The van der Waals surface area contributed by atoms with Crippen LogP contribution in [0.15, 0.2) is 30.3 Å². The summed E-state index contributed by atoms with van der Waals surface area (Å²) < 4.78 is 0.